The van der Waals surface area contributed by atoms with Crippen LogP contribution in [0, 0.1) is 0 Å². The van der Waals surface area contributed by atoms with Gasteiger partial charge in [0.1, 0.15) is 33.5 Å². The molecule has 0 spiro atoms. The lowest BCUT2D eigenvalue weighted by Crippen LogP contribution is -2.04. The number of aromatic nitrogens is 4. The fourth-order valence-corrected chi connectivity index (χ4v) is 10.3. The summed E-state index contributed by atoms with van der Waals surface area (Å²) in [5.41, 5.74) is 10.00. The van der Waals surface area contributed by atoms with Crippen LogP contribution >= 0.6 is 0 Å². The minimum absolute atomic E-state index is 0.473. The van der Waals surface area contributed by atoms with E-state index in [9.17, 15) is 0 Å². The summed E-state index contributed by atoms with van der Waals surface area (Å²) < 4.78 is 22.2. The number of fused-ring (bicyclic) bond motifs is 14. The van der Waals surface area contributed by atoms with E-state index in [-0.39, 0.29) is 0 Å². The van der Waals surface area contributed by atoms with Crippen molar-refractivity contribution in [3.63, 3.8) is 0 Å². The van der Waals surface area contributed by atoms with Gasteiger partial charge in [-0.3, -0.25) is 0 Å². The Hall–Kier alpha value is -9.07. The van der Waals surface area contributed by atoms with E-state index in [1.807, 2.05) is 60.7 Å². The van der Waals surface area contributed by atoms with Crippen LogP contribution in [0.5, 0.6) is 0 Å². The molecule has 0 aliphatic carbocycles. The van der Waals surface area contributed by atoms with E-state index < -0.39 is 0 Å². The second-order valence-electron chi connectivity index (χ2n) is 17.1. The molecule has 0 atom stereocenters. The van der Waals surface area contributed by atoms with Gasteiger partial charge < -0.3 is 17.8 Å². The van der Waals surface area contributed by atoms with Crippen LogP contribution in [0.15, 0.2) is 207 Å². The molecule has 0 N–H and O–H groups in total. The fourth-order valence-electron chi connectivity index (χ4n) is 10.3. The molecular formula is C59H32N4O3. The zero-order valence-electron chi connectivity index (χ0n) is 35.0. The third-order valence-electron chi connectivity index (χ3n) is 13.4. The number of rotatable bonds is 4. The number of nitrogens with zero attached hydrogens (tertiary/aromatic N) is 4. The molecule has 66 heavy (non-hydrogen) atoms. The molecule has 0 radical (unpaired) electrons. The van der Waals surface area contributed by atoms with Crippen molar-refractivity contribution < 1.29 is 13.3 Å². The monoisotopic (exact) mass is 844 g/mol. The molecule has 5 heterocycles. The van der Waals surface area contributed by atoms with Crippen LogP contribution < -0.4 is 0 Å². The maximum atomic E-state index is 6.97. The molecule has 7 heteroatoms. The lowest BCUT2D eigenvalue weighted by atomic mass is 10.0. The molecule has 0 bridgehead atoms. The van der Waals surface area contributed by atoms with E-state index in [0.717, 1.165) is 115 Å². The zero-order valence-corrected chi connectivity index (χ0v) is 35.0. The first-order valence-electron chi connectivity index (χ1n) is 22.1. The van der Waals surface area contributed by atoms with E-state index in [0.29, 0.717) is 23.1 Å². The number of para-hydroxylation sites is 3. The topological polar surface area (TPSA) is 83.0 Å². The Morgan fingerprint density at radius 2 is 0.712 bits per heavy atom. The van der Waals surface area contributed by atoms with Crippen LogP contribution in [-0.4, -0.2) is 19.5 Å². The average molecular weight is 845 g/mol. The summed E-state index contributed by atoms with van der Waals surface area (Å²) in [6.45, 7) is 0. The van der Waals surface area contributed by atoms with Gasteiger partial charge in [0.15, 0.2) is 17.5 Å². The summed E-state index contributed by atoms with van der Waals surface area (Å²) in [5.74, 6) is 1.47. The van der Waals surface area contributed by atoms with Crippen molar-refractivity contribution in [3.8, 4) is 39.9 Å². The largest absolute Gasteiger partial charge is 0.456 e. The van der Waals surface area contributed by atoms with Crippen molar-refractivity contribution >= 4 is 109 Å². The number of hydrogen-bond donors (Lipinski definition) is 0. The number of furan rings is 3. The predicted molar refractivity (Wildman–Crippen MR) is 267 cm³/mol. The van der Waals surface area contributed by atoms with Crippen LogP contribution in [0.25, 0.3) is 149 Å². The Morgan fingerprint density at radius 3 is 1.24 bits per heavy atom. The molecule has 0 aliphatic rings. The molecule has 15 rings (SSSR count). The van der Waals surface area contributed by atoms with Gasteiger partial charge in [0.2, 0.25) is 0 Å². The summed E-state index contributed by atoms with van der Waals surface area (Å²) in [6, 6.07) is 67.6. The molecule has 5 aromatic heterocycles. The molecule has 306 valence electrons. The Bertz CT molecular complexity index is 4320. The maximum absolute atomic E-state index is 6.97. The van der Waals surface area contributed by atoms with Crippen molar-refractivity contribution in [1.82, 2.24) is 19.5 Å². The first-order chi connectivity index (χ1) is 32.7. The van der Waals surface area contributed by atoms with Gasteiger partial charge in [-0.15, -0.1) is 0 Å². The van der Waals surface area contributed by atoms with E-state index in [4.69, 9.17) is 28.2 Å². The van der Waals surface area contributed by atoms with Crippen LogP contribution in [0.4, 0.5) is 0 Å². The third-order valence-corrected chi connectivity index (χ3v) is 13.4. The summed E-state index contributed by atoms with van der Waals surface area (Å²) in [6.07, 6.45) is 0. The third kappa shape index (κ3) is 5.10. The zero-order chi connectivity index (χ0) is 43.0. The van der Waals surface area contributed by atoms with Gasteiger partial charge in [-0.1, -0.05) is 115 Å². The Kier molecular flexibility index (Phi) is 7.10. The molecule has 0 amide bonds. The van der Waals surface area contributed by atoms with Crippen molar-refractivity contribution in [1.29, 1.82) is 0 Å². The first kappa shape index (κ1) is 35.4. The van der Waals surface area contributed by atoms with Crippen molar-refractivity contribution in [3.05, 3.63) is 194 Å². The highest BCUT2D eigenvalue weighted by Gasteiger charge is 2.26. The van der Waals surface area contributed by atoms with Gasteiger partial charge in [-0.05, 0) is 100 Å². The highest BCUT2D eigenvalue weighted by atomic mass is 16.3. The SMILES string of the molecule is c1ccc2cc3c(cc2c1)c1cc2ccccc2cc1n3-c1ccc2c(oc3ccccc32)c1-c1nc(-c2ccc3c(c2)oc2ccccc23)nc(-c2ccc3c(c2)oc2ccccc23)n1. The minimum Gasteiger partial charge on any atom is -0.456 e. The van der Waals surface area contributed by atoms with Gasteiger partial charge in [-0.2, -0.15) is 0 Å². The second kappa shape index (κ2) is 13.2. The van der Waals surface area contributed by atoms with Crippen LogP contribution in [-0.2, 0) is 0 Å². The average Bonchev–Trinajstić information content (AvgIpc) is 4.12. The standard InChI is InChI=1S/C59H32N4O3/c1-3-13-35-29-48-45(27-33(35)11-1)46-28-34-12-2-4-14-36(34)30-49(46)63(48)47-26-25-44-41-17-7-10-20-52(41)66-56(44)55(47)59-61-57(37-21-23-42-39-15-5-8-18-50(39)64-53(42)31-37)60-58(62-59)38-22-24-43-40-16-6-9-19-51(40)65-54(43)32-38/h1-32H. The summed E-state index contributed by atoms with van der Waals surface area (Å²) in [5, 5.41) is 13.1. The van der Waals surface area contributed by atoms with Gasteiger partial charge in [0.05, 0.1) is 22.3 Å². The Morgan fingerprint density at radius 1 is 0.303 bits per heavy atom. The maximum Gasteiger partial charge on any atom is 0.170 e. The summed E-state index contributed by atoms with van der Waals surface area (Å²) >= 11 is 0. The van der Waals surface area contributed by atoms with E-state index in [1.54, 1.807) is 0 Å². The van der Waals surface area contributed by atoms with E-state index in [1.165, 1.54) is 10.8 Å². The molecule has 15 aromatic rings. The predicted octanol–water partition coefficient (Wildman–Crippen LogP) is 16.0. The fraction of sp³-hybridized carbons (Fsp3) is 0. The molecule has 0 fully saturated rings. The second-order valence-corrected chi connectivity index (χ2v) is 17.1. The minimum atomic E-state index is 0.473. The molecular weight excluding hydrogens is 813 g/mol. The lowest BCUT2D eigenvalue weighted by molar-refractivity contribution is 0.668. The smallest absolute Gasteiger partial charge is 0.170 e. The Balaban J connectivity index is 1.07. The molecule has 0 saturated carbocycles. The lowest BCUT2D eigenvalue weighted by Gasteiger charge is -2.15. The normalized spacial score (nSPS) is 12.2. The van der Waals surface area contributed by atoms with Crippen molar-refractivity contribution in [2.45, 2.75) is 0 Å². The molecule has 0 saturated heterocycles. The molecule has 7 nitrogen and oxygen atoms in total. The molecule has 0 aliphatic heterocycles. The van der Waals surface area contributed by atoms with E-state index >= 15 is 0 Å². The van der Waals surface area contributed by atoms with Gasteiger partial charge in [0, 0.05) is 54.2 Å². The highest BCUT2D eigenvalue weighted by Crippen LogP contribution is 2.44. The van der Waals surface area contributed by atoms with Gasteiger partial charge >= 0.3 is 0 Å². The van der Waals surface area contributed by atoms with Crippen molar-refractivity contribution in [2.24, 2.45) is 0 Å². The van der Waals surface area contributed by atoms with E-state index in [2.05, 4.69) is 138 Å². The summed E-state index contributed by atoms with van der Waals surface area (Å²) in [7, 11) is 0. The number of hydrogen-bond acceptors (Lipinski definition) is 6. The van der Waals surface area contributed by atoms with Gasteiger partial charge in [-0.25, -0.2) is 15.0 Å². The van der Waals surface area contributed by atoms with Crippen LogP contribution in [0.3, 0.4) is 0 Å². The summed E-state index contributed by atoms with van der Waals surface area (Å²) in [4.78, 5) is 16.2. The van der Waals surface area contributed by atoms with Crippen LogP contribution in [0.2, 0.25) is 0 Å². The molecule has 10 aromatic carbocycles. The first-order valence-corrected chi connectivity index (χ1v) is 22.1. The molecule has 0 unspecified atom stereocenters. The Labute approximate surface area is 374 Å². The van der Waals surface area contributed by atoms with Gasteiger partial charge in [0.25, 0.3) is 0 Å². The quantitative estimate of drug-likeness (QED) is 0.175. The highest BCUT2D eigenvalue weighted by molar-refractivity contribution is 6.18. The van der Waals surface area contributed by atoms with Crippen molar-refractivity contribution in [2.75, 3.05) is 0 Å². The van der Waals surface area contributed by atoms with Crippen LogP contribution in [0.1, 0.15) is 0 Å². The number of benzene rings is 10.